The Bertz CT molecular complexity index is 6970. The smallest absolute Gasteiger partial charge is 0.200 e. The molecule has 6 nitrogen and oxygen atoms in total. The van der Waals surface area contributed by atoms with E-state index in [1.165, 1.54) is 227 Å². The predicted octanol–water partition coefficient (Wildman–Crippen LogP) is 26.1. The maximum Gasteiger partial charge on any atom is 0.220 e. The Balaban J connectivity index is 0.000000126. The number of para-hydroxylation sites is 2. The lowest BCUT2D eigenvalue weighted by atomic mass is 9.95. The zero-order valence-electron chi connectivity index (χ0n) is 76.8. The van der Waals surface area contributed by atoms with Crippen LogP contribution in [-0.4, -0.2) is 0 Å². The summed E-state index contributed by atoms with van der Waals surface area (Å²) in [5.41, 5.74) is 43.7. The van der Waals surface area contributed by atoms with E-state index in [0.717, 1.165) is 6.42 Å². The Morgan fingerprint density at radius 1 is 0.230 bits per heavy atom. The first-order chi connectivity index (χ1) is 58.5. The van der Waals surface area contributed by atoms with Gasteiger partial charge in [-0.1, -0.05) is 182 Å². The zero-order chi connectivity index (χ0) is 87.1. The number of hydrogen-bond donors (Lipinski definition) is 0. The number of nitrogens with zero attached hydrogens (tertiary/aromatic N) is 6. The molecule has 122 heavy (non-hydrogen) atoms. The van der Waals surface area contributed by atoms with Crippen molar-refractivity contribution in [3.05, 3.63) is 392 Å². The molecule has 0 unspecified atom stereocenters. The second-order valence-corrected chi connectivity index (χ2v) is 34.5. The van der Waals surface area contributed by atoms with Gasteiger partial charge in [-0.3, -0.25) is 0 Å². The van der Waals surface area contributed by atoms with Crippen LogP contribution in [0.4, 0.5) is 0 Å². The summed E-state index contributed by atoms with van der Waals surface area (Å²) in [5, 5.41) is 10.5. The van der Waals surface area contributed by atoms with Gasteiger partial charge in [0.25, 0.3) is 0 Å². The third-order valence-electron chi connectivity index (χ3n) is 25.1. The SMILES string of the molecule is Cc1cc(C)c(C)c(-c2c3ccccc3cc[n+]2C)c1.Cc1cc(C)c(C)c(-c2cc(C)c3c(C)cccc3[n+]2C)c1.Cc1cc(C)c(C)c(-c2ccc3c(CC(C)C)cccc3[n+]2C)c1.Cc1cc(C)c(C)c(-c2ccc3ccccc3[n+]2C)c1.Cc1ccccc1-c1c2ccccc2cc[n+]1C.Cc1ccccc1-c1ccc2ccccc2[n+]1C. The Morgan fingerprint density at radius 2 is 0.574 bits per heavy atom. The summed E-state index contributed by atoms with van der Waals surface area (Å²) in [6.07, 6.45) is 5.40. The molecule has 0 aliphatic heterocycles. The van der Waals surface area contributed by atoms with Gasteiger partial charge in [0.2, 0.25) is 56.2 Å². The maximum atomic E-state index is 2.35. The molecule has 6 heteroatoms. The first kappa shape index (κ1) is 86.9. The highest BCUT2D eigenvalue weighted by molar-refractivity contribution is 5.95. The average Bonchev–Trinajstić information content (AvgIpc) is 0.773. The van der Waals surface area contributed by atoms with Gasteiger partial charge in [-0.2, -0.15) is 18.3 Å². The van der Waals surface area contributed by atoms with E-state index >= 15 is 0 Å². The second-order valence-electron chi connectivity index (χ2n) is 34.5. The van der Waals surface area contributed by atoms with Crippen molar-refractivity contribution in [3.8, 4) is 67.5 Å². The minimum atomic E-state index is 0.669. The molecule has 18 rings (SSSR count). The summed E-state index contributed by atoms with van der Waals surface area (Å²) >= 11 is 0. The fraction of sp³-hybridized carbons (Fsp3) is 0.224. The van der Waals surface area contributed by atoms with Gasteiger partial charge in [0.15, 0.2) is 12.4 Å². The quantitative estimate of drug-likeness (QED) is 0.135. The average molecular weight is 1600 g/mol. The molecule has 0 atom stereocenters. The second kappa shape index (κ2) is 37.8. The normalized spacial score (nSPS) is 11.1. The molecular weight excluding hydrogens is 1480 g/mol. The van der Waals surface area contributed by atoms with E-state index in [4.69, 9.17) is 0 Å². The molecule has 0 amide bonds. The molecule has 6 heterocycles. The zero-order valence-corrected chi connectivity index (χ0v) is 76.8. The third kappa shape index (κ3) is 18.7. The molecule has 0 bridgehead atoms. The Hall–Kier alpha value is -12.9. The van der Waals surface area contributed by atoms with Crippen molar-refractivity contribution in [2.45, 2.75) is 131 Å². The lowest BCUT2D eigenvalue weighted by Gasteiger charge is -2.12. The summed E-state index contributed by atoms with van der Waals surface area (Å²) in [5.74, 6) is 0.669. The first-order valence-corrected chi connectivity index (χ1v) is 43.2. The topological polar surface area (TPSA) is 23.3 Å². The lowest BCUT2D eigenvalue weighted by molar-refractivity contribution is -0.659. The van der Waals surface area contributed by atoms with E-state index in [-0.39, 0.29) is 0 Å². The number of hydrogen-bond acceptors (Lipinski definition) is 0. The Morgan fingerprint density at radius 3 is 1.05 bits per heavy atom. The van der Waals surface area contributed by atoms with Gasteiger partial charge in [0.05, 0.1) is 21.7 Å². The Kier molecular flexibility index (Phi) is 26.9. The molecule has 0 saturated carbocycles. The number of aromatic nitrogens is 6. The van der Waals surface area contributed by atoms with Crippen molar-refractivity contribution >= 4 is 65.2 Å². The van der Waals surface area contributed by atoms with Gasteiger partial charge in [0, 0.05) is 105 Å². The van der Waals surface area contributed by atoms with Crippen molar-refractivity contribution < 1.29 is 27.4 Å². The number of rotatable bonds is 8. The summed E-state index contributed by atoms with van der Waals surface area (Å²) in [6, 6.07) is 103. The fourth-order valence-corrected chi connectivity index (χ4v) is 18.0. The van der Waals surface area contributed by atoms with E-state index in [2.05, 4.69) is 492 Å². The van der Waals surface area contributed by atoms with Crippen molar-refractivity contribution in [1.82, 2.24) is 0 Å². The van der Waals surface area contributed by atoms with Crippen LogP contribution >= 0.6 is 0 Å². The first-order valence-electron chi connectivity index (χ1n) is 43.2. The predicted molar refractivity (Wildman–Crippen MR) is 518 cm³/mol. The van der Waals surface area contributed by atoms with E-state index in [9.17, 15) is 0 Å². The van der Waals surface area contributed by atoms with Crippen LogP contribution in [0.5, 0.6) is 0 Å². The largest absolute Gasteiger partial charge is 0.220 e. The molecule has 0 aliphatic rings. The van der Waals surface area contributed by atoms with Gasteiger partial charge in [-0.25, -0.2) is 9.13 Å². The molecule has 0 fully saturated rings. The molecule has 0 spiro atoms. The van der Waals surface area contributed by atoms with Crippen LogP contribution in [0.1, 0.15) is 108 Å². The summed E-state index contributed by atoms with van der Waals surface area (Å²) < 4.78 is 13.7. The lowest BCUT2D eigenvalue weighted by Crippen LogP contribution is -2.32. The van der Waals surface area contributed by atoms with Gasteiger partial charge >= 0.3 is 0 Å². The van der Waals surface area contributed by atoms with Crippen LogP contribution < -0.4 is 27.4 Å². The van der Waals surface area contributed by atoms with Crippen LogP contribution in [0, 0.1) is 117 Å². The number of fused-ring (bicyclic) bond motifs is 6. The highest BCUT2D eigenvalue weighted by atomic mass is 15.0. The standard InChI is InChI=1S/C23H28N.C21H24N.2C19H20N.2C17H16N/c1-15(2)12-19-8-7-9-22-20(19)10-11-23(24(22)6)21-14-16(3)13-17(4)18(21)5;1-13-10-15(3)17(5)18(11-13)20-12-16(4)21-14(2)8-7-9-19(21)22(20)6;1-13-11-14(2)15(3)17(12-13)19-10-9-16-7-5-6-8-18(16)20(19)4;1-13-11-14(2)15(3)18(12-13)19-17-8-6-5-7-16(17)9-10-20(19)4;1-13-7-3-5-9-15(13)17-16-10-6-4-8-14(16)11-12-18(17)2;1-13-7-3-5-9-15(13)17-12-11-14-8-4-6-10-16(14)18(17)2/h7-11,13-15H,12H2,1-6H3;7-12H,1-6H3;2*5-12H,1-4H3;2*3-12H,1-2H3/q6*+1. The molecule has 0 saturated heterocycles. The highest BCUT2D eigenvalue weighted by Crippen LogP contribution is 2.35. The molecule has 12 aromatic carbocycles. The maximum absolute atomic E-state index is 2.35. The minimum Gasteiger partial charge on any atom is -0.200 e. The number of benzene rings is 12. The van der Waals surface area contributed by atoms with E-state index in [1.807, 2.05) is 0 Å². The van der Waals surface area contributed by atoms with Crippen molar-refractivity contribution in [1.29, 1.82) is 0 Å². The van der Waals surface area contributed by atoms with E-state index in [1.54, 1.807) is 0 Å². The molecule has 612 valence electrons. The van der Waals surface area contributed by atoms with Crippen LogP contribution in [0.15, 0.2) is 298 Å². The van der Waals surface area contributed by atoms with Crippen LogP contribution in [0.2, 0.25) is 0 Å². The molecular formula is C116H124N6+6. The monoisotopic (exact) mass is 1600 g/mol. The van der Waals surface area contributed by atoms with Crippen LogP contribution in [0.3, 0.4) is 0 Å². The molecule has 0 aliphatic carbocycles. The summed E-state index contributed by atoms with van der Waals surface area (Å²) in [6.45, 7) is 39.6. The van der Waals surface area contributed by atoms with Crippen molar-refractivity contribution in [2.24, 2.45) is 48.2 Å². The fourth-order valence-electron chi connectivity index (χ4n) is 18.0. The number of aryl methyl sites for hydroxylation is 18. The van der Waals surface area contributed by atoms with E-state index < -0.39 is 0 Å². The van der Waals surface area contributed by atoms with Gasteiger partial charge in [-0.05, 0) is 285 Å². The van der Waals surface area contributed by atoms with Gasteiger partial charge in [0.1, 0.15) is 42.3 Å². The highest BCUT2D eigenvalue weighted by Gasteiger charge is 2.25. The summed E-state index contributed by atoms with van der Waals surface area (Å²) in [7, 11) is 12.9. The van der Waals surface area contributed by atoms with Gasteiger partial charge in [-0.15, -0.1) is 0 Å². The van der Waals surface area contributed by atoms with Crippen molar-refractivity contribution in [3.63, 3.8) is 0 Å². The molecule has 6 aromatic heterocycles. The molecule has 18 aromatic rings. The van der Waals surface area contributed by atoms with Crippen LogP contribution in [-0.2, 0) is 48.7 Å². The van der Waals surface area contributed by atoms with Gasteiger partial charge < -0.3 is 0 Å². The minimum absolute atomic E-state index is 0.669. The summed E-state index contributed by atoms with van der Waals surface area (Å²) in [4.78, 5) is 0. The van der Waals surface area contributed by atoms with E-state index in [0.29, 0.717) is 5.92 Å². The molecule has 0 N–H and O–H groups in total. The number of pyridine rings is 6. The van der Waals surface area contributed by atoms with Crippen LogP contribution in [0.25, 0.3) is 133 Å². The Labute approximate surface area is 726 Å². The van der Waals surface area contributed by atoms with Crippen molar-refractivity contribution in [2.75, 3.05) is 0 Å². The molecule has 0 radical (unpaired) electrons. The third-order valence-corrected chi connectivity index (χ3v) is 25.1.